The van der Waals surface area contributed by atoms with Crippen LogP contribution in [0.15, 0.2) is 18.3 Å². The van der Waals surface area contributed by atoms with Crippen molar-refractivity contribution in [3.8, 4) is 0 Å². The van der Waals surface area contributed by atoms with Crippen molar-refractivity contribution >= 4 is 21.8 Å². The van der Waals surface area contributed by atoms with Gasteiger partial charge in [0.1, 0.15) is 5.69 Å². The fraction of sp³-hybridized carbons (Fsp3) is 0.571. The molecule has 3 nitrogen and oxygen atoms in total. The highest BCUT2D eigenvalue weighted by atomic mass is 79.9. The van der Waals surface area contributed by atoms with Crippen LogP contribution >= 0.6 is 15.9 Å². The van der Waals surface area contributed by atoms with E-state index in [1.807, 2.05) is 24.0 Å². The van der Waals surface area contributed by atoms with Crippen LogP contribution in [-0.2, 0) is 0 Å². The summed E-state index contributed by atoms with van der Waals surface area (Å²) < 4.78 is 0. The number of likely N-dealkylation sites (tertiary alicyclic amines) is 1. The van der Waals surface area contributed by atoms with Gasteiger partial charge < -0.3 is 4.90 Å². The number of rotatable bonds is 2. The molecule has 1 fully saturated rings. The first-order valence-electron chi connectivity index (χ1n) is 6.44. The zero-order valence-electron chi connectivity index (χ0n) is 10.9. The summed E-state index contributed by atoms with van der Waals surface area (Å²) in [7, 11) is 0. The van der Waals surface area contributed by atoms with Gasteiger partial charge in [0.05, 0.1) is 0 Å². The minimum atomic E-state index is 0.0776. The molecule has 1 unspecified atom stereocenters. The summed E-state index contributed by atoms with van der Waals surface area (Å²) in [5, 5.41) is 0. The molecule has 1 aliphatic rings. The fourth-order valence-corrected chi connectivity index (χ4v) is 2.95. The Morgan fingerprint density at radius 1 is 1.50 bits per heavy atom. The second kappa shape index (κ2) is 5.83. The molecule has 98 valence electrons. The molecule has 1 aromatic rings. The number of nitrogens with zero attached hydrogens (tertiary/aromatic N) is 2. The Labute approximate surface area is 117 Å². The lowest BCUT2D eigenvalue weighted by molar-refractivity contribution is 0.0684. The summed E-state index contributed by atoms with van der Waals surface area (Å²) in [6.07, 6.45) is 3.83. The predicted molar refractivity (Wildman–Crippen MR) is 76.0 cm³/mol. The Balaban J connectivity index is 2.02. The van der Waals surface area contributed by atoms with Crippen molar-refractivity contribution in [3.63, 3.8) is 0 Å². The molecule has 0 bridgehead atoms. The number of aromatic nitrogens is 1. The Bertz CT molecular complexity index is 426. The van der Waals surface area contributed by atoms with Crippen LogP contribution in [0, 0.1) is 12.8 Å². The van der Waals surface area contributed by atoms with Gasteiger partial charge in [0.25, 0.3) is 5.91 Å². The van der Waals surface area contributed by atoms with Crippen molar-refractivity contribution in [2.75, 3.05) is 13.1 Å². The number of amides is 1. The minimum Gasteiger partial charge on any atom is -0.337 e. The van der Waals surface area contributed by atoms with Gasteiger partial charge in [-0.3, -0.25) is 9.78 Å². The third kappa shape index (κ3) is 2.91. The van der Waals surface area contributed by atoms with Crippen LogP contribution in [0.2, 0.25) is 0 Å². The highest BCUT2D eigenvalue weighted by Gasteiger charge is 2.26. The average molecular weight is 311 g/mol. The largest absolute Gasteiger partial charge is 0.337 e. The third-order valence-corrected chi connectivity index (χ3v) is 4.44. The van der Waals surface area contributed by atoms with Crippen LogP contribution in [0.5, 0.6) is 0 Å². The lowest BCUT2D eigenvalue weighted by atomic mass is 9.94. The molecular formula is C14H19BrN2O. The number of aryl methyl sites for hydroxylation is 1. The van der Waals surface area contributed by atoms with E-state index in [1.165, 1.54) is 0 Å². The quantitative estimate of drug-likeness (QED) is 0.787. The zero-order chi connectivity index (χ0) is 13.1. The van der Waals surface area contributed by atoms with Gasteiger partial charge in [-0.05, 0) is 37.3 Å². The summed E-state index contributed by atoms with van der Waals surface area (Å²) >= 11 is 3.63. The maximum absolute atomic E-state index is 12.3. The van der Waals surface area contributed by atoms with Crippen LogP contribution < -0.4 is 0 Å². The molecule has 0 spiro atoms. The van der Waals surface area contributed by atoms with Gasteiger partial charge in [-0.1, -0.05) is 28.9 Å². The van der Waals surface area contributed by atoms with Crippen LogP contribution in [0.25, 0.3) is 0 Å². The van der Waals surface area contributed by atoms with Gasteiger partial charge >= 0.3 is 0 Å². The number of carbonyl (C=O) groups is 1. The maximum atomic E-state index is 12.3. The molecular weight excluding hydrogens is 292 g/mol. The van der Waals surface area contributed by atoms with Gasteiger partial charge in [0.2, 0.25) is 0 Å². The summed E-state index contributed by atoms with van der Waals surface area (Å²) in [4.78, 5) is 19.0. The summed E-state index contributed by atoms with van der Waals surface area (Å²) in [5.41, 5.74) is 1.56. The van der Waals surface area contributed by atoms with Crippen molar-refractivity contribution in [2.24, 2.45) is 5.92 Å². The Morgan fingerprint density at radius 2 is 2.17 bits per heavy atom. The van der Waals surface area contributed by atoms with Gasteiger partial charge in [-0.2, -0.15) is 0 Å². The number of pyridine rings is 1. The van der Waals surface area contributed by atoms with Crippen LogP contribution in [0.1, 0.15) is 35.8 Å². The number of halogens is 1. The standard InChI is InChI=1S/C14H19BrN2O/c1-10-4-3-7-16-13(10)14(18)17-8-5-12(6-9-17)11(2)15/h3-4,7,11-12H,5-6,8-9H2,1-2H3. The van der Waals surface area contributed by atoms with E-state index in [-0.39, 0.29) is 5.91 Å². The molecule has 0 saturated carbocycles. The van der Waals surface area contributed by atoms with E-state index in [4.69, 9.17) is 0 Å². The van der Waals surface area contributed by atoms with E-state index in [9.17, 15) is 4.79 Å². The van der Waals surface area contributed by atoms with Crippen molar-refractivity contribution in [1.82, 2.24) is 9.88 Å². The molecule has 4 heteroatoms. The molecule has 1 aliphatic heterocycles. The smallest absolute Gasteiger partial charge is 0.272 e. The van der Waals surface area contributed by atoms with Crippen LogP contribution in [0.4, 0.5) is 0 Å². The first-order chi connectivity index (χ1) is 8.59. The van der Waals surface area contributed by atoms with Gasteiger partial charge in [-0.25, -0.2) is 0 Å². The maximum Gasteiger partial charge on any atom is 0.272 e. The number of alkyl halides is 1. The number of carbonyl (C=O) groups excluding carboxylic acids is 1. The van der Waals surface area contributed by atoms with Crippen molar-refractivity contribution < 1.29 is 4.79 Å². The predicted octanol–water partition coefficient (Wildman–Crippen LogP) is 3.03. The molecule has 1 saturated heterocycles. The molecule has 0 aliphatic carbocycles. The second-order valence-electron chi connectivity index (χ2n) is 4.98. The number of hydrogen-bond donors (Lipinski definition) is 0. The lowest BCUT2D eigenvalue weighted by Gasteiger charge is -2.33. The van der Waals surface area contributed by atoms with E-state index in [0.29, 0.717) is 16.4 Å². The number of hydrogen-bond acceptors (Lipinski definition) is 2. The Kier molecular flexibility index (Phi) is 4.38. The summed E-state index contributed by atoms with van der Waals surface area (Å²) in [6, 6.07) is 3.80. The van der Waals surface area contributed by atoms with E-state index < -0.39 is 0 Å². The molecule has 1 atom stereocenters. The summed E-state index contributed by atoms with van der Waals surface area (Å²) in [6.45, 7) is 5.81. The normalized spacial score (nSPS) is 18.7. The molecule has 0 radical (unpaired) electrons. The van der Waals surface area contributed by atoms with Crippen molar-refractivity contribution in [3.05, 3.63) is 29.6 Å². The fourth-order valence-electron chi connectivity index (χ4n) is 2.42. The van der Waals surface area contributed by atoms with Crippen LogP contribution in [0.3, 0.4) is 0 Å². The number of piperidine rings is 1. The highest BCUT2D eigenvalue weighted by molar-refractivity contribution is 9.09. The Hall–Kier alpha value is -0.900. The van der Waals surface area contributed by atoms with Crippen molar-refractivity contribution in [1.29, 1.82) is 0 Å². The van der Waals surface area contributed by atoms with Crippen molar-refractivity contribution in [2.45, 2.75) is 31.5 Å². The molecule has 1 aromatic heterocycles. The summed E-state index contributed by atoms with van der Waals surface area (Å²) in [5.74, 6) is 0.757. The first kappa shape index (κ1) is 13.5. The molecule has 18 heavy (non-hydrogen) atoms. The molecule has 0 aromatic carbocycles. The van der Waals surface area contributed by atoms with Gasteiger partial charge in [0, 0.05) is 24.1 Å². The third-order valence-electron chi connectivity index (χ3n) is 3.69. The molecule has 2 heterocycles. The monoisotopic (exact) mass is 310 g/mol. The van der Waals surface area contributed by atoms with E-state index in [0.717, 1.165) is 31.5 Å². The van der Waals surface area contributed by atoms with Gasteiger partial charge in [-0.15, -0.1) is 0 Å². The highest BCUT2D eigenvalue weighted by Crippen LogP contribution is 2.25. The van der Waals surface area contributed by atoms with E-state index >= 15 is 0 Å². The van der Waals surface area contributed by atoms with E-state index in [1.54, 1.807) is 6.20 Å². The lowest BCUT2D eigenvalue weighted by Crippen LogP contribution is -2.40. The van der Waals surface area contributed by atoms with Gasteiger partial charge in [0.15, 0.2) is 0 Å². The average Bonchev–Trinajstić information content (AvgIpc) is 2.38. The molecule has 1 amide bonds. The topological polar surface area (TPSA) is 33.2 Å². The second-order valence-corrected chi connectivity index (χ2v) is 6.42. The first-order valence-corrected chi connectivity index (χ1v) is 7.36. The molecule has 2 rings (SSSR count). The molecule has 0 N–H and O–H groups in total. The zero-order valence-corrected chi connectivity index (χ0v) is 12.5. The minimum absolute atomic E-state index is 0.0776. The Morgan fingerprint density at radius 3 is 2.72 bits per heavy atom. The SMILES string of the molecule is Cc1cccnc1C(=O)N1CCC(C(C)Br)CC1. The van der Waals surface area contributed by atoms with Crippen LogP contribution in [-0.4, -0.2) is 33.7 Å². The van der Waals surface area contributed by atoms with E-state index in [2.05, 4.69) is 27.8 Å².